The molecule has 0 saturated heterocycles. The summed E-state index contributed by atoms with van der Waals surface area (Å²) in [5, 5.41) is 3.23. The predicted molar refractivity (Wildman–Crippen MR) is 65.7 cm³/mol. The van der Waals surface area contributed by atoms with E-state index in [4.69, 9.17) is 4.74 Å². The van der Waals surface area contributed by atoms with Gasteiger partial charge in [-0.3, -0.25) is 0 Å². The Balaban J connectivity index is 1.99. The van der Waals surface area contributed by atoms with Crippen LogP contribution in [0.25, 0.3) is 11.0 Å². The molecule has 0 aliphatic heterocycles. The lowest BCUT2D eigenvalue weighted by molar-refractivity contribution is 0.0854. The molecule has 16 heavy (non-hydrogen) atoms. The lowest BCUT2D eigenvalue weighted by Crippen LogP contribution is -2.20. The maximum Gasteiger partial charge on any atom is 0.201 e. The van der Waals surface area contributed by atoms with Gasteiger partial charge >= 0.3 is 0 Å². The lowest BCUT2D eigenvalue weighted by Gasteiger charge is -2.11. The third kappa shape index (κ3) is 2.52. The van der Waals surface area contributed by atoms with Gasteiger partial charge in [0.2, 0.25) is 5.95 Å². The Hall–Kier alpha value is -1.55. The SMILES string of the molecule is CCOC(C)CNc1nc2ccccc2[nH]1. The fourth-order valence-corrected chi connectivity index (χ4v) is 1.62. The van der Waals surface area contributed by atoms with E-state index in [1.54, 1.807) is 0 Å². The van der Waals surface area contributed by atoms with Crippen molar-refractivity contribution in [3.05, 3.63) is 24.3 Å². The number of aromatic nitrogens is 2. The molecule has 1 aromatic carbocycles. The second-order valence-corrected chi connectivity index (χ2v) is 3.75. The number of imidazole rings is 1. The van der Waals surface area contributed by atoms with Gasteiger partial charge in [0.05, 0.1) is 17.1 Å². The van der Waals surface area contributed by atoms with Crippen molar-refractivity contribution in [2.75, 3.05) is 18.5 Å². The van der Waals surface area contributed by atoms with Crippen LogP contribution in [0.4, 0.5) is 5.95 Å². The van der Waals surface area contributed by atoms with Gasteiger partial charge < -0.3 is 15.0 Å². The summed E-state index contributed by atoms with van der Waals surface area (Å²) in [5.41, 5.74) is 2.03. The molecule has 0 fully saturated rings. The molecular formula is C12H17N3O. The van der Waals surface area contributed by atoms with Gasteiger partial charge in [0.25, 0.3) is 0 Å². The first-order valence-corrected chi connectivity index (χ1v) is 5.60. The monoisotopic (exact) mass is 219 g/mol. The molecule has 86 valence electrons. The van der Waals surface area contributed by atoms with Gasteiger partial charge in [0.1, 0.15) is 0 Å². The van der Waals surface area contributed by atoms with Crippen LogP contribution in [0.5, 0.6) is 0 Å². The van der Waals surface area contributed by atoms with E-state index in [9.17, 15) is 0 Å². The Bertz CT molecular complexity index is 419. The molecule has 0 radical (unpaired) electrons. The molecule has 1 aromatic heterocycles. The largest absolute Gasteiger partial charge is 0.377 e. The number of ether oxygens (including phenoxy) is 1. The van der Waals surface area contributed by atoms with Crippen LogP contribution in [0.1, 0.15) is 13.8 Å². The van der Waals surface area contributed by atoms with E-state index in [1.807, 2.05) is 38.1 Å². The van der Waals surface area contributed by atoms with Crippen LogP contribution in [-0.2, 0) is 4.74 Å². The van der Waals surface area contributed by atoms with Crippen LogP contribution in [0, 0.1) is 0 Å². The Morgan fingerprint density at radius 3 is 3.00 bits per heavy atom. The first-order valence-electron chi connectivity index (χ1n) is 5.60. The van der Waals surface area contributed by atoms with Gasteiger partial charge in [0, 0.05) is 13.2 Å². The summed E-state index contributed by atoms with van der Waals surface area (Å²) in [5.74, 6) is 0.799. The van der Waals surface area contributed by atoms with E-state index >= 15 is 0 Å². The molecule has 0 aliphatic rings. The molecule has 4 nitrogen and oxygen atoms in total. The number of rotatable bonds is 5. The maximum atomic E-state index is 5.43. The molecule has 0 amide bonds. The Morgan fingerprint density at radius 2 is 2.25 bits per heavy atom. The fraction of sp³-hybridized carbons (Fsp3) is 0.417. The molecule has 2 N–H and O–H groups in total. The zero-order chi connectivity index (χ0) is 11.4. The summed E-state index contributed by atoms with van der Waals surface area (Å²) in [4.78, 5) is 7.64. The smallest absolute Gasteiger partial charge is 0.201 e. The number of benzene rings is 1. The van der Waals surface area contributed by atoms with Crippen molar-refractivity contribution in [3.8, 4) is 0 Å². The fourth-order valence-electron chi connectivity index (χ4n) is 1.62. The number of fused-ring (bicyclic) bond motifs is 1. The van der Waals surface area contributed by atoms with Gasteiger partial charge in [-0.2, -0.15) is 0 Å². The number of para-hydroxylation sites is 2. The van der Waals surface area contributed by atoms with Gasteiger partial charge in [-0.25, -0.2) is 4.98 Å². The summed E-state index contributed by atoms with van der Waals surface area (Å²) in [7, 11) is 0. The van der Waals surface area contributed by atoms with Crippen molar-refractivity contribution in [2.24, 2.45) is 0 Å². The Morgan fingerprint density at radius 1 is 1.44 bits per heavy atom. The number of nitrogens with zero attached hydrogens (tertiary/aromatic N) is 1. The molecule has 0 saturated carbocycles. The summed E-state index contributed by atoms with van der Waals surface area (Å²) in [6, 6.07) is 7.98. The third-order valence-electron chi connectivity index (χ3n) is 2.40. The van der Waals surface area contributed by atoms with Crippen molar-refractivity contribution in [1.82, 2.24) is 9.97 Å². The van der Waals surface area contributed by atoms with Crippen LogP contribution < -0.4 is 5.32 Å². The van der Waals surface area contributed by atoms with E-state index in [0.717, 1.165) is 30.1 Å². The highest BCUT2D eigenvalue weighted by Gasteiger charge is 2.04. The molecule has 0 spiro atoms. The molecule has 0 aliphatic carbocycles. The van der Waals surface area contributed by atoms with E-state index in [0.29, 0.717) is 0 Å². The van der Waals surface area contributed by atoms with Crippen molar-refractivity contribution in [1.29, 1.82) is 0 Å². The van der Waals surface area contributed by atoms with Crippen LogP contribution in [-0.4, -0.2) is 29.2 Å². The molecule has 1 heterocycles. The van der Waals surface area contributed by atoms with Gasteiger partial charge in [-0.1, -0.05) is 12.1 Å². The molecule has 2 aromatic rings. The number of hydrogen-bond donors (Lipinski definition) is 2. The first-order chi connectivity index (χ1) is 7.79. The average molecular weight is 219 g/mol. The normalized spacial score (nSPS) is 12.9. The zero-order valence-electron chi connectivity index (χ0n) is 9.66. The van der Waals surface area contributed by atoms with Crippen molar-refractivity contribution < 1.29 is 4.74 Å². The van der Waals surface area contributed by atoms with Crippen molar-refractivity contribution in [3.63, 3.8) is 0 Å². The molecule has 1 unspecified atom stereocenters. The highest BCUT2D eigenvalue weighted by molar-refractivity contribution is 5.77. The minimum Gasteiger partial charge on any atom is -0.377 e. The summed E-state index contributed by atoms with van der Waals surface area (Å²) in [6.45, 7) is 5.54. The predicted octanol–water partition coefficient (Wildman–Crippen LogP) is 2.40. The lowest BCUT2D eigenvalue weighted by atomic mass is 10.3. The van der Waals surface area contributed by atoms with Gasteiger partial charge in [0.15, 0.2) is 0 Å². The number of nitrogens with one attached hydrogen (secondary N) is 2. The second-order valence-electron chi connectivity index (χ2n) is 3.75. The summed E-state index contributed by atoms with van der Waals surface area (Å²) in [6.07, 6.45) is 0.193. The van der Waals surface area contributed by atoms with Gasteiger partial charge in [-0.05, 0) is 26.0 Å². The second kappa shape index (κ2) is 4.99. The van der Waals surface area contributed by atoms with Crippen LogP contribution in [0.15, 0.2) is 24.3 Å². The van der Waals surface area contributed by atoms with Gasteiger partial charge in [-0.15, -0.1) is 0 Å². The molecule has 0 bridgehead atoms. The van der Waals surface area contributed by atoms with Crippen molar-refractivity contribution >= 4 is 17.0 Å². The molecule has 4 heteroatoms. The van der Waals surface area contributed by atoms with Crippen LogP contribution in [0.3, 0.4) is 0 Å². The minimum atomic E-state index is 0.193. The zero-order valence-corrected chi connectivity index (χ0v) is 9.66. The number of H-pyrrole nitrogens is 1. The highest BCUT2D eigenvalue weighted by atomic mass is 16.5. The Labute approximate surface area is 95.0 Å². The highest BCUT2D eigenvalue weighted by Crippen LogP contribution is 2.13. The van der Waals surface area contributed by atoms with E-state index in [1.165, 1.54) is 0 Å². The Kier molecular flexibility index (Phi) is 3.41. The van der Waals surface area contributed by atoms with Crippen LogP contribution in [0.2, 0.25) is 0 Å². The molecular weight excluding hydrogens is 202 g/mol. The summed E-state index contributed by atoms with van der Waals surface area (Å²) < 4.78 is 5.43. The first kappa shape index (κ1) is 11.0. The maximum absolute atomic E-state index is 5.43. The third-order valence-corrected chi connectivity index (χ3v) is 2.40. The molecule has 2 rings (SSSR count). The number of anilines is 1. The van der Waals surface area contributed by atoms with E-state index in [-0.39, 0.29) is 6.10 Å². The molecule has 1 atom stereocenters. The number of hydrogen-bond acceptors (Lipinski definition) is 3. The standard InChI is InChI=1S/C12H17N3O/c1-3-16-9(2)8-13-12-14-10-6-4-5-7-11(10)15-12/h4-7,9H,3,8H2,1-2H3,(H2,13,14,15). The van der Waals surface area contributed by atoms with Crippen molar-refractivity contribution in [2.45, 2.75) is 20.0 Å². The van der Waals surface area contributed by atoms with E-state index < -0.39 is 0 Å². The van der Waals surface area contributed by atoms with E-state index in [2.05, 4.69) is 15.3 Å². The number of aromatic amines is 1. The minimum absolute atomic E-state index is 0.193. The van der Waals surface area contributed by atoms with Crippen LogP contribution >= 0.6 is 0 Å². The topological polar surface area (TPSA) is 49.9 Å². The average Bonchev–Trinajstić information content (AvgIpc) is 2.69. The quantitative estimate of drug-likeness (QED) is 0.811. The summed E-state index contributed by atoms with van der Waals surface area (Å²) >= 11 is 0.